The van der Waals surface area contributed by atoms with Crippen molar-refractivity contribution in [3.05, 3.63) is 66.2 Å². The van der Waals surface area contributed by atoms with Crippen LogP contribution in [0.2, 0.25) is 0 Å². The van der Waals surface area contributed by atoms with E-state index in [1.807, 2.05) is 67.6 Å². The number of carbonyl (C=O) groups excluding carboxylic acids is 1. The molecule has 1 heterocycles. The maximum Gasteiger partial charge on any atom is 0.325 e. The SMILES string of the molecule is CCOC(=O)[C@H]([C@@H](Nc1ccccc1)c1ccccc1)N1CCOCC1. The molecule has 0 saturated carbocycles. The number of para-hydroxylation sites is 1. The molecule has 1 N–H and O–H groups in total. The summed E-state index contributed by atoms with van der Waals surface area (Å²) in [5.41, 5.74) is 2.03. The van der Waals surface area contributed by atoms with Gasteiger partial charge in [-0.1, -0.05) is 48.5 Å². The minimum absolute atomic E-state index is 0.202. The van der Waals surface area contributed by atoms with E-state index >= 15 is 0 Å². The Morgan fingerprint density at radius 2 is 1.69 bits per heavy atom. The first kappa shape index (κ1) is 18.4. The average molecular weight is 354 g/mol. The number of nitrogens with one attached hydrogen (secondary N) is 1. The maximum absolute atomic E-state index is 12.9. The molecule has 2 aromatic rings. The number of rotatable bonds is 7. The summed E-state index contributed by atoms with van der Waals surface area (Å²) in [5.74, 6) is -0.202. The molecule has 0 aliphatic carbocycles. The van der Waals surface area contributed by atoms with Crippen molar-refractivity contribution in [3.63, 3.8) is 0 Å². The second kappa shape index (κ2) is 9.36. The Morgan fingerprint density at radius 3 is 2.31 bits per heavy atom. The van der Waals surface area contributed by atoms with Crippen LogP contribution in [0.5, 0.6) is 0 Å². The van der Waals surface area contributed by atoms with E-state index in [1.165, 1.54) is 0 Å². The molecule has 0 amide bonds. The minimum atomic E-state index is -0.415. The second-order valence-corrected chi connectivity index (χ2v) is 6.24. The lowest BCUT2D eigenvalue weighted by Gasteiger charge is -2.38. The van der Waals surface area contributed by atoms with Gasteiger partial charge in [0.15, 0.2) is 0 Å². The summed E-state index contributed by atoms with van der Waals surface area (Å²) < 4.78 is 10.9. The summed E-state index contributed by atoms with van der Waals surface area (Å²) in [6.45, 7) is 4.89. The number of morpholine rings is 1. The van der Waals surface area contributed by atoms with Gasteiger partial charge in [0.25, 0.3) is 0 Å². The maximum atomic E-state index is 12.9. The van der Waals surface area contributed by atoms with Crippen molar-refractivity contribution in [1.82, 2.24) is 4.90 Å². The van der Waals surface area contributed by atoms with Crippen molar-refractivity contribution in [1.29, 1.82) is 0 Å². The number of hydrogen-bond acceptors (Lipinski definition) is 5. The molecule has 2 aromatic carbocycles. The molecular formula is C21H26N2O3. The predicted octanol–water partition coefficient (Wildman–Crippen LogP) is 3.10. The quantitative estimate of drug-likeness (QED) is 0.775. The highest BCUT2D eigenvalue weighted by Gasteiger charge is 2.36. The third-order valence-corrected chi connectivity index (χ3v) is 4.54. The van der Waals surface area contributed by atoms with Gasteiger partial charge in [-0.3, -0.25) is 9.69 Å². The molecule has 5 heteroatoms. The van der Waals surface area contributed by atoms with E-state index in [2.05, 4.69) is 10.2 Å². The zero-order valence-electron chi connectivity index (χ0n) is 15.1. The fourth-order valence-corrected chi connectivity index (χ4v) is 3.30. The molecule has 0 unspecified atom stereocenters. The van der Waals surface area contributed by atoms with Crippen LogP contribution in [0.1, 0.15) is 18.5 Å². The molecule has 5 nitrogen and oxygen atoms in total. The summed E-state index contributed by atoms with van der Waals surface area (Å²) >= 11 is 0. The molecule has 2 atom stereocenters. The van der Waals surface area contributed by atoms with Gasteiger partial charge in [-0.15, -0.1) is 0 Å². The van der Waals surface area contributed by atoms with Crippen LogP contribution in [0.25, 0.3) is 0 Å². The molecule has 1 saturated heterocycles. The fourth-order valence-electron chi connectivity index (χ4n) is 3.30. The molecule has 138 valence electrons. The van der Waals surface area contributed by atoms with E-state index in [4.69, 9.17) is 9.47 Å². The number of ether oxygens (including phenoxy) is 2. The monoisotopic (exact) mass is 354 g/mol. The van der Waals surface area contributed by atoms with E-state index in [1.54, 1.807) is 0 Å². The van der Waals surface area contributed by atoms with Crippen LogP contribution in [0.3, 0.4) is 0 Å². The highest BCUT2D eigenvalue weighted by Crippen LogP contribution is 2.27. The normalized spacial score (nSPS) is 17.3. The third-order valence-electron chi connectivity index (χ3n) is 4.54. The number of benzene rings is 2. The predicted molar refractivity (Wildman–Crippen MR) is 102 cm³/mol. The van der Waals surface area contributed by atoms with E-state index in [9.17, 15) is 4.79 Å². The largest absolute Gasteiger partial charge is 0.465 e. The van der Waals surface area contributed by atoms with Crippen LogP contribution in [-0.4, -0.2) is 49.8 Å². The summed E-state index contributed by atoms with van der Waals surface area (Å²) in [6.07, 6.45) is 0. The Labute approximate surface area is 154 Å². The van der Waals surface area contributed by atoms with E-state index < -0.39 is 6.04 Å². The number of nitrogens with zero attached hydrogens (tertiary/aromatic N) is 1. The molecule has 1 aliphatic rings. The molecule has 0 aromatic heterocycles. The molecule has 1 aliphatic heterocycles. The highest BCUT2D eigenvalue weighted by molar-refractivity contribution is 5.78. The lowest BCUT2D eigenvalue weighted by atomic mass is 9.97. The Balaban J connectivity index is 1.95. The van der Waals surface area contributed by atoms with Crippen LogP contribution in [0.15, 0.2) is 60.7 Å². The van der Waals surface area contributed by atoms with Crippen molar-refractivity contribution < 1.29 is 14.3 Å². The first-order chi connectivity index (χ1) is 12.8. The van der Waals surface area contributed by atoms with E-state index in [0.717, 1.165) is 11.3 Å². The zero-order chi connectivity index (χ0) is 18.2. The van der Waals surface area contributed by atoms with Gasteiger partial charge in [-0.25, -0.2) is 0 Å². The molecule has 3 rings (SSSR count). The van der Waals surface area contributed by atoms with Crippen LogP contribution >= 0.6 is 0 Å². The summed E-state index contributed by atoms with van der Waals surface area (Å²) in [4.78, 5) is 15.1. The van der Waals surface area contributed by atoms with Crippen LogP contribution < -0.4 is 5.32 Å². The number of hydrogen-bond donors (Lipinski definition) is 1. The van der Waals surface area contributed by atoms with Gasteiger partial charge in [0.1, 0.15) is 6.04 Å². The molecule has 0 bridgehead atoms. The standard InChI is InChI=1S/C21H26N2O3/c1-2-26-21(24)20(23-13-15-25-16-14-23)19(17-9-5-3-6-10-17)22-18-11-7-4-8-12-18/h3-12,19-20,22H,2,13-16H2,1H3/t19-,20-/m0/s1. The highest BCUT2D eigenvalue weighted by atomic mass is 16.5. The van der Waals surface area contributed by atoms with Crippen molar-refractivity contribution in [2.45, 2.75) is 19.0 Å². The Kier molecular flexibility index (Phi) is 6.63. The van der Waals surface area contributed by atoms with Crippen molar-refractivity contribution >= 4 is 11.7 Å². The van der Waals surface area contributed by atoms with Gasteiger partial charge < -0.3 is 14.8 Å². The summed E-state index contributed by atoms with van der Waals surface area (Å²) in [6, 6.07) is 19.4. The van der Waals surface area contributed by atoms with Gasteiger partial charge >= 0.3 is 5.97 Å². The third kappa shape index (κ3) is 4.62. The van der Waals surface area contributed by atoms with E-state index in [-0.39, 0.29) is 12.0 Å². The van der Waals surface area contributed by atoms with Crippen LogP contribution in [0, 0.1) is 0 Å². The molecule has 0 radical (unpaired) electrons. The summed E-state index contributed by atoms with van der Waals surface area (Å²) in [5, 5.41) is 3.55. The fraction of sp³-hybridized carbons (Fsp3) is 0.381. The molecule has 1 fully saturated rings. The number of carbonyl (C=O) groups is 1. The van der Waals surface area contributed by atoms with Crippen LogP contribution in [-0.2, 0) is 14.3 Å². The van der Waals surface area contributed by atoms with Gasteiger partial charge in [0.2, 0.25) is 0 Å². The topological polar surface area (TPSA) is 50.8 Å². The average Bonchev–Trinajstić information content (AvgIpc) is 2.70. The number of anilines is 1. The lowest BCUT2D eigenvalue weighted by Crippen LogP contribution is -2.52. The first-order valence-electron chi connectivity index (χ1n) is 9.14. The van der Waals surface area contributed by atoms with Gasteiger partial charge in [0.05, 0.1) is 25.9 Å². The van der Waals surface area contributed by atoms with Crippen molar-refractivity contribution in [2.75, 3.05) is 38.2 Å². The van der Waals surface area contributed by atoms with Gasteiger partial charge in [-0.2, -0.15) is 0 Å². The Bertz CT molecular complexity index is 672. The lowest BCUT2D eigenvalue weighted by molar-refractivity contribution is -0.152. The first-order valence-corrected chi connectivity index (χ1v) is 9.14. The van der Waals surface area contributed by atoms with Crippen molar-refractivity contribution in [2.24, 2.45) is 0 Å². The van der Waals surface area contributed by atoms with Crippen LogP contribution in [0.4, 0.5) is 5.69 Å². The smallest absolute Gasteiger partial charge is 0.325 e. The Hall–Kier alpha value is -2.37. The molecular weight excluding hydrogens is 328 g/mol. The number of esters is 1. The Morgan fingerprint density at radius 1 is 1.08 bits per heavy atom. The van der Waals surface area contributed by atoms with E-state index in [0.29, 0.717) is 32.9 Å². The van der Waals surface area contributed by atoms with Gasteiger partial charge in [0, 0.05) is 18.8 Å². The molecule has 0 spiro atoms. The van der Waals surface area contributed by atoms with Gasteiger partial charge in [-0.05, 0) is 24.6 Å². The minimum Gasteiger partial charge on any atom is -0.465 e. The van der Waals surface area contributed by atoms with Crippen molar-refractivity contribution in [3.8, 4) is 0 Å². The zero-order valence-corrected chi connectivity index (χ0v) is 15.1. The summed E-state index contributed by atoms with van der Waals surface area (Å²) in [7, 11) is 0. The second-order valence-electron chi connectivity index (χ2n) is 6.24. The molecule has 26 heavy (non-hydrogen) atoms.